The van der Waals surface area contributed by atoms with E-state index < -0.39 is 0 Å². The number of halogens is 4. The summed E-state index contributed by atoms with van der Waals surface area (Å²) in [6, 6.07) is 8.38. The number of nitrogens with two attached hydrogens (primary N) is 1. The average Bonchev–Trinajstić information content (AvgIpc) is 2.26. The molecule has 3 N–H and O–H groups in total. The van der Waals surface area contributed by atoms with Crippen LogP contribution in [-0.4, -0.2) is 0 Å². The van der Waals surface area contributed by atoms with E-state index >= 15 is 0 Å². The fraction of sp³-hybridized carbons (Fsp3) is 0. The quantitative estimate of drug-likeness (QED) is 0.704. The highest BCUT2D eigenvalue weighted by molar-refractivity contribution is 6.41. The van der Waals surface area contributed by atoms with Crippen LogP contribution in [0, 0.1) is 0 Å². The maximum Gasteiger partial charge on any atom is 0.0765 e. The van der Waals surface area contributed by atoms with Gasteiger partial charge >= 0.3 is 0 Å². The van der Waals surface area contributed by atoms with Crippen LogP contribution in [0.3, 0.4) is 0 Å². The van der Waals surface area contributed by atoms with E-state index in [1.807, 2.05) is 0 Å². The Morgan fingerprint density at radius 3 is 1.72 bits per heavy atom. The highest BCUT2D eigenvalue weighted by atomic mass is 35.5. The van der Waals surface area contributed by atoms with E-state index in [0.717, 1.165) is 0 Å². The molecule has 0 radical (unpaired) electrons. The van der Waals surface area contributed by atoms with Crippen molar-refractivity contribution >= 4 is 63.5 Å². The summed E-state index contributed by atoms with van der Waals surface area (Å²) >= 11 is 24.3. The van der Waals surface area contributed by atoms with Gasteiger partial charge in [0, 0.05) is 5.69 Å². The third-order valence-corrected chi connectivity index (χ3v) is 3.50. The Hall–Kier alpha value is -0.800. The first-order valence-corrected chi connectivity index (χ1v) is 6.46. The fourth-order valence-electron chi connectivity index (χ4n) is 1.45. The molecule has 0 fully saturated rings. The van der Waals surface area contributed by atoms with Crippen molar-refractivity contribution in [1.82, 2.24) is 0 Å². The molecule has 0 spiro atoms. The lowest BCUT2D eigenvalue weighted by atomic mass is 10.2. The summed E-state index contributed by atoms with van der Waals surface area (Å²) in [5.41, 5.74) is 7.19. The second-order valence-corrected chi connectivity index (χ2v) is 5.21. The van der Waals surface area contributed by atoms with Crippen LogP contribution in [0.25, 0.3) is 0 Å². The molecule has 0 aliphatic carbocycles. The number of para-hydroxylation sites is 1. The summed E-state index contributed by atoms with van der Waals surface area (Å²) in [5, 5.41) is 4.78. The van der Waals surface area contributed by atoms with Crippen LogP contribution in [0.5, 0.6) is 0 Å². The molecule has 0 unspecified atom stereocenters. The number of hydrogen-bond acceptors (Lipinski definition) is 2. The first-order valence-electron chi connectivity index (χ1n) is 4.94. The number of rotatable bonds is 2. The number of nitrogen functional groups attached to an aromatic ring is 1. The average molecular weight is 322 g/mol. The standard InChI is InChI=1S/C12H8Cl4N2/c13-7-2-1-3-8(14)11(7)18-12-9(15)4-6(17)5-10(12)16/h1-5,18H,17H2. The van der Waals surface area contributed by atoms with Gasteiger partial charge in [-0.15, -0.1) is 0 Å². The highest BCUT2D eigenvalue weighted by Gasteiger charge is 2.11. The smallest absolute Gasteiger partial charge is 0.0765 e. The van der Waals surface area contributed by atoms with Gasteiger partial charge in [-0.05, 0) is 24.3 Å². The summed E-state index contributed by atoms with van der Waals surface area (Å²) in [5.74, 6) is 0. The molecule has 94 valence electrons. The van der Waals surface area contributed by atoms with Gasteiger partial charge in [0.15, 0.2) is 0 Å². The van der Waals surface area contributed by atoms with Gasteiger partial charge in [0.2, 0.25) is 0 Å². The van der Waals surface area contributed by atoms with Gasteiger partial charge in [0.25, 0.3) is 0 Å². The second kappa shape index (κ2) is 5.45. The predicted molar refractivity (Wildman–Crippen MR) is 80.6 cm³/mol. The van der Waals surface area contributed by atoms with Crippen molar-refractivity contribution in [3.63, 3.8) is 0 Å². The fourth-order valence-corrected chi connectivity index (χ4v) is 2.54. The predicted octanol–water partition coefficient (Wildman–Crippen LogP) is 5.63. The van der Waals surface area contributed by atoms with Gasteiger partial charge in [0.1, 0.15) is 0 Å². The molecular weight excluding hydrogens is 314 g/mol. The number of benzene rings is 2. The molecular formula is C12H8Cl4N2. The van der Waals surface area contributed by atoms with Crippen LogP contribution in [0.1, 0.15) is 0 Å². The molecule has 0 saturated carbocycles. The zero-order chi connectivity index (χ0) is 13.3. The lowest BCUT2D eigenvalue weighted by Gasteiger charge is -2.13. The van der Waals surface area contributed by atoms with Crippen LogP contribution < -0.4 is 11.1 Å². The van der Waals surface area contributed by atoms with Gasteiger partial charge in [-0.2, -0.15) is 0 Å². The minimum atomic E-state index is 0.399. The molecule has 0 heterocycles. The third-order valence-electron chi connectivity index (χ3n) is 2.28. The molecule has 0 atom stereocenters. The van der Waals surface area contributed by atoms with E-state index in [1.54, 1.807) is 30.3 Å². The van der Waals surface area contributed by atoms with Crippen LogP contribution in [-0.2, 0) is 0 Å². The maximum absolute atomic E-state index is 6.08. The Morgan fingerprint density at radius 2 is 1.22 bits per heavy atom. The third kappa shape index (κ3) is 2.78. The van der Waals surface area contributed by atoms with E-state index in [1.165, 1.54) is 0 Å². The zero-order valence-electron chi connectivity index (χ0n) is 8.98. The van der Waals surface area contributed by atoms with Gasteiger partial charge < -0.3 is 11.1 Å². The molecule has 2 aromatic carbocycles. The molecule has 0 aliphatic heterocycles. The summed E-state index contributed by atoms with van der Waals surface area (Å²) < 4.78 is 0. The highest BCUT2D eigenvalue weighted by Crippen LogP contribution is 2.39. The molecule has 0 bridgehead atoms. The number of hydrogen-bond donors (Lipinski definition) is 2. The Morgan fingerprint density at radius 1 is 0.778 bits per heavy atom. The Labute approximate surface area is 125 Å². The van der Waals surface area contributed by atoms with Crippen molar-refractivity contribution in [2.24, 2.45) is 0 Å². The van der Waals surface area contributed by atoms with Gasteiger partial charge in [-0.25, -0.2) is 0 Å². The minimum absolute atomic E-state index is 0.399. The number of anilines is 3. The van der Waals surface area contributed by atoms with E-state index in [4.69, 9.17) is 52.1 Å². The molecule has 18 heavy (non-hydrogen) atoms. The lowest BCUT2D eigenvalue weighted by Crippen LogP contribution is -1.96. The summed E-state index contributed by atoms with van der Waals surface area (Å²) in [4.78, 5) is 0. The topological polar surface area (TPSA) is 38.0 Å². The van der Waals surface area contributed by atoms with Crippen molar-refractivity contribution in [3.05, 3.63) is 50.4 Å². The molecule has 0 aliphatic rings. The normalized spacial score (nSPS) is 10.4. The maximum atomic E-state index is 6.08. The van der Waals surface area contributed by atoms with Crippen molar-refractivity contribution in [1.29, 1.82) is 0 Å². The first kappa shape index (κ1) is 13.6. The second-order valence-electron chi connectivity index (χ2n) is 3.58. The first-order chi connectivity index (χ1) is 8.49. The van der Waals surface area contributed by atoms with Crippen LogP contribution in [0.4, 0.5) is 17.1 Å². The summed E-state index contributed by atoms with van der Waals surface area (Å²) in [7, 11) is 0. The van der Waals surface area contributed by atoms with Crippen molar-refractivity contribution in [2.75, 3.05) is 11.1 Å². The molecule has 0 aromatic heterocycles. The molecule has 2 nitrogen and oxygen atoms in total. The minimum Gasteiger partial charge on any atom is -0.399 e. The monoisotopic (exact) mass is 320 g/mol. The van der Waals surface area contributed by atoms with Crippen molar-refractivity contribution in [2.45, 2.75) is 0 Å². The molecule has 6 heteroatoms. The summed E-state index contributed by atoms with van der Waals surface area (Å²) in [6.45, 7) is 0. The Balaban J connectivity index is 2.47. The molecule has 2 aromatic rings. The van der Waals surface area contributed by atoms with Gasteiger partial charge in [-0.3, -0.25) is 0 Å². The largest absolute Gasteiger partial charge is 0.399 e. The molecule has 2 rings (SSSR count). The molecule has 0 amide bonds. The Kier molecular flexibility index (Phi) is 4.13. The van der Waals surface area contributed by atoms with E-state index in [9.17, 15) is 0 Å². The van der Waals surface area contributed by atoms with E-state index in [0.29, 0.717) is 37.2 Å². The van der Waals surface area contributed by atoms with Crippen molar-refractivity contribution in [3.8, 4) is 0 Å². The van der Waals surface area contributed by atoms with Gasteiger partial charge in [0.05, 0.1) is 31.5 Å². The Bertz CT molecular complexity index is 555. The van der Waals surface area contributed by atoms with Gasteiger partial charge in [-0.1, -0.05) is 52.5 Å². The number of nitrogens with one attached hydrogen (secondary N) is 1. The lowest BCUT2D eigenvalue weighted by molar-refractivity contribution is 1.54. The van der Waals surface area contributed by atoms with Crippen LogP contribution in [0.2, 0.25) is 20.1 Å². The zero-order valence-corrected chi connectivity index (χ0v) is 12.0. The van der Waals surface area contributed by atoms with E-state index in [2.05, 4.69) is 5.32 Å². The van der Waals surface area contributed by atoms with Crippen LogP contribution in [0.15, 0.2) is 30.3 Å². The summed E-state index contributed by atoms with van der Waals surface area (Å²) in [6.07, 6.45) is 0. The van der Waals surface area contributed by atoms with Crippen LogP contribution >= 0.6 is 46.4 Å². The van der Waals surface area contributed by atoms with E-state index in [-0.39, 0.29) is 0 Å². The molecule has 0 saturated heterocycles. The van der Waals surface area contributed by atoms with Crippen molar-refractivity contribution < 1.29 is 0 Å². The SMILES string of the molecule is Nc1cc(Cl)c(Nc2c(Cl)cccc2Cl)c(Cl)c1.